The van der Waals surface area contributed by atoms with Crippen molar-refractivity contribution >= 4 is 27.5 Å². The van der Waals surface area contributed by atoms with Gasteiger partial charge in [-0.2, -0.15) is 5.10 Å². The molecule has 0 aliphatic heterocycles. The van der Waals surface area contributed by atoms with E-state index < -0.39 is 0 Å². The third kappa shape index (κ3) is 3.22. The summed E-state index contributed by atoms with van der Waals surface area (Å²) in [6.07, 6.45) is 3.00. The van der Waals surface area contributed by atoms with E-state index in [0.29, 0.717) is 17.0 Å². The van der Waals surface area contributed by atoms with Gasteiger partial charge in [-0.15, -0.1) is 0 Å². The third-order valence-electron chi connectivity index (χ3n) is 3.11. The van der Waals surface area contributed by atoms with Gasteiger partial charge in [0.15, 0.2) is 0 Å². The second-order valence-electron chi connectivity index (χ2n) is 4.61. The van der Waals surface area contributed by atoms with Gasteiger partial charge in [0.25, 0.3) is 0 Å². The molecule has 0 aliphatic carbocycles. The van der Waals surface area contributed by atoms with Gasteiger partial charge in [-0.1, -0.05) is 24.6 Å². The highest BCUT2D eigenvalue weighted by Crippen LogP contribution is 2.28. The van der Waals surface area contributed by atoms with Gasteiger partial charge in [-0.05, 0) is 40.9 Å². The quantitative estimate of drug-likeness (QED) is 0.872. The van der Waals surface area contributed by atoms with Crippen LogP contribution in [0.4, 0.5) is 4.39 Å². The lowest BCUT2D eigenvalue weighted by Crippen LogP contribution is -2.20. The number of rotatable bonds is 5. The normalized spacial score (nSPS) is 12.7. The van der Waals surface area contributed by atoms with Crippen LogP contribution in [0.15, 0.2) is 28.9 Å². The number of benzene rings is 1. The second kappa shape index (κ2) is 6.70. The molecule has 2 aromatic rings. The molecule has 0 bridgehead atoms. The Balaban J connectivity index is 2.28. The number of nitrogens with two attached hydrogens (primary N) is 1. The van der Waals surface area contributed by atoms with E-state index in [2.05, 4.69) is 28.0 Å². The van der Waals surface area contributed by atoms with Gasteiger partial charge in [0, 0.05) is 17.1 Å². The van der Waals surface area contributed by atoms with Gasteiger partial charge >= 0.3 is 0 Å². The van der Waals surface area contributed by atoms with Crippen molar-refractivity contribution in [3.05, 3.63) is 51.0 Å². The smallest absolute Gasteiger partial charge is 0.127 e. The Labute approximate surface area is 131 Å². The largest absolute Gasteiger partial charge is 0.322 e. The lowest BCUT2D eigenvalue weighted by Gasteiger charge is -2.16. The Kier molecular flexibility index (Phi) is 5.18. The minimum Gasteiger partial charge on any atom is -0.322 e. The van der Waals surface area contributed by atoms with Crippen LogP contribution in [0, 0.1) is 5.82 Å². The molecule has 0 saturated carbocycles. The number of nitrogens with zero attached hydrogens (tertiary/aromatic N) is 2. The maximum absolute atomic E-state index is 13.8. The molecule has 0 aliphatic rings. The maximum Gasteiger partial charge on any atom is 0.127 e. The van der Waals surface area contributed by atoms with Gasteiger partial charge in [-0.3, -0.25) is 4.68 Å². The van der Waals surface area contributed by atoms with Crippen LogP contribution in [0.25, 0.3) is 0 Å². The first kappa shape index (κ1) is 15.5. The lowest BCUT2D eigenvalue weighted by molar-refractivity contribution is 0.527. The molecule has 0 fully saturated rings. The average Bonchev–Trinajstić information content (AvgIpc) is 2.76. The van der Waals surface area contributed by atoms with Gasteiger partial charge in [0.1, 0.15) is 5.82 Å². The fraction of sp³-hybridized carbons (Fsp3) is 0.357. The van der Waals surface area contributed by atoms with Crippen LogP contribution in [-0.2, 0) is 13.0 Å². The van der Waals surface area contributed by atoms with Crippen LogP contribution >= 0.6 is 27.5 Å². The topological polar surface area (TPSA) is 43.8 Å². The average molecular weight is 361 g/mol. The van der Waals surface area contributed by atoms with Crippen LogP contribution in [0.1, 0.15) is 30.6 Å². The summed E-state index contributed by atoms with van der Waals surface area (Å²) in [5.41, 5.74) is 7.53. The summed E-state index contributed by atoms with van der Waals surface area (Å²) in [5.74, 6) is -0.328. The Morgan fingerprint density at radius 3 is 2.90 bits per heavy atom. The summed E-state index contributed by atoms with van der Waals surface area (Å²) in [7, 11) is 0. The zero-order chi connectivity index (χ0) is 14.7. The molecular formula is C14H16BrClFN3. The molecule has 1 atom stereocenters. The first-order valence-corrected chi connectivity index (χ1v) is 7.61. The van der Waals surface area contributed by atoms with Crippen LogP contribution in [-0.4, -0.2) is 9.78 Å². The fourth-order valence-corrected chi connectivity index (χ4v) is 3.00. The Morgan fingerprint density at radius 1 is 1.50 bits per heavy atom. The molecule has 1 unspecified atom stereocenters. The van der Waals surface area contributed by atoms with Crippen molar-refractivity contribution in [2.24, 2.45) is 5.73 Å². The standard InChI is InChI=1S/C14H16BrClFN3/c1-2-6-20-14(10(15)8-19-20)13(18)7-9-11(16)4-3-5-12(9)17/h3-5,8,13H,2,6-7,18H2,1H3. The zero-order valence-electron chi connectivity index (χ0n) is 11.1. The second-order valence-corrected chi connectivity index (χ2v) is 5.87. The van der Waals surface area contributed by atoms with Gasteiger partial charge in [0.2, 0.25) is 0 Å². The molecule has 1 aromatic heterocycles. The van der Waals surface area contributed by atoms with Crippen molar-refractivity contribution < 1.29 is 4.39 Å². The van der Waals surface area contributed by atoms with Crippen LogP contribution in [0.5, 0.6) is 0 Å². The van der Waals surface area contributed by atoms with Gasteiger partial charge in [-0.25, -0.2) is 4.39 Å². The molecule has 1 aromatic carbocycles. The highest BCUT2D eigenvalue weighted by molar-refractivity contribution is 9.10. The number of hydrogen-bond acceptors (Lipinski definition) is 2. The van der Waals surface area contributed by atoms with Crippen molar-refractivity contribution in [1.82, 2.24) is 9.78 Å². The minimum absolute atomic E-state index is 0.328. The lowest BCUT2D eigenvalue weighted by atomic mass is 10.0. The first-order valence-electron chi connectivity index (χ1n) is 6.44. The van der Waals surface area contributed by atoms with E-state index in [4.69, 9.17) is 17.3 Å². The molecular weight excluding hydrogens is 345 g/mol. The number of halogens is 3. The van der Waals surface area contributed by atoms with E-state index in [1.54, 1.807) is 18.3 Å². The van der Waals surface area contributed by atoms with Crippen LogP contribution in [0.3, 0.4) is 0 Å². The predicted octanol–water partition coefficient (Wildman–Crippen LogP) is 4.09. The third-order valence-corrected chi connectivity index (χ3v) is 4.07. The highest BCUT2D eigenvalue weighted by atomic mass is 79.9. The molecule has 1 heterocycles. The monoisotopic (exact) mass is 359 g/mol. The van der Waals surface area contributed by atoms with E-state index in [0.717, 1.165) is 23.1 Å². The molecule has 2 N–H and O–H groups in total. The summed E-state index contributed by atoms with van der Waals surface area (Å²) in [5, 5.41) is 4.68. The minimum atomic E-state index is -0.368. The summed E-state index contributed by atoms with van der Waals surface area (Å²) >= 11 is 9.49. The van der Waals surface area contributed by atoms with E-state index in [1.807, 2.05) is 4.68 Å². The molecule has 2 rings (SSSR count). The summed E-state index contributed by atoms with van der Waals surface area (Å²) in [4.78, 5) is 0. The Hall–Kier alpha value is -0.910. The molecule has 0 radical (unpaired) electrons. The Morgan fingerprint density at radius 2 is 2.25 bits per heavy atom. The van der Waals surface area contributed by atoms with Crippen molar-refractivity contribution in [2.45, 2.75) is 32.4 Å². The number of aromatic nitrogens is 2. The molecule has 0 saturated heterocycles. The SMILES string of the molecule is CCCn1ncc(Br)c1C(N)Cc1c(F)cccc1Cl. The molecule has 6 heteroatoms. The molecule has 20 heavy (non-hydrogen) atoms. The van der Waals surface area contributed by atoms with Crippen LogP contribution < -0.4 is 5.73 Å². The fourth-order valence-electron chi connectivity index (χ4n) is 2.17. The first-order chi connectivity index (χ1) is 9.54. The van der Waals surface area contributed by atoms with E-state index in [-0.39, 0.29) is 11.9 Å². The van der Waals surface area contributed by atoms with E-state index >= 15 is 0 Å². The maximum atomic E-state index is 13.8. The van der Waals surface area contributed by atoms with E-state index in [9.17, 15) is 4.39 Å². The molecule has 3 nitrogen and oxygen atoms in total. The van der Waals surface area contributed by atoms with E-state index in [1.165, 1.54) is 6.07 Å². The summed E-state index contributed by atoms with van der Waals surface area (Å²) < 4.78 is 16.5. The number of hydrogen-bond donors (Lipinski definition) is 1. The highest BCUT2D eigenvalue weighted by Gasteiger charge is 2.19. The summed E-state index contributed by atoms with van der Waals surface area (Å²) in [6, 6.07) is 4.29. The summed E-state index contributed by atoms with van der Waals surface area (Å²) in [6.45, 7) is 2.85. The Bertz CT molecular complexity index is 580. The van der Waals surface area contributed by atoms with Gasteiger partial charge < -0.3 is 5.73 Å². The molecule has 0 spiro atoms. The van der Waals surface area contributed by atoms with Crippen molar-refractivity contribution in [2.75, 3.05) is 0 Å². The van der Waals surface area contributed by atoms with Gasteiger partial charge in [0.05, 0.1) is 22.4 Å². The molecule has 0 amide bonds. The van der Waals surface area contributed by atoms with Crippen molar-refractivity contribution in [1.29, 1.82) is 0 Å². The van der Waals surface area contributed by atoms with Crippen molar-refractivity contribution in [3.63, 3.8) is 0 Å². The van der Waals surface area contributed by atoms with Crippen molar-refractivity contribution in [3.8, 4) is 0 Å². The zero-order valence-corrected chi connectivity index (χ0v) is 13.5. The predicted molar refractivity (Wildman–Crippen MR) is 82.3 cm³/mol. The molecule has 108 valence electrons. The number of aryl methyl sites for hydroxylation is 1. The van der Waals surface area contributed by atoms with Crippen LogP contribution in [0.2, 0.25) is 5.02 Å².